The van der Waals surface area contributed by atoms with E-state index in [1.165, 1.54) is 6.08 Å². The number of hydrogen-bond donors (Lipinski definition) is 28. The minimum atomic E-state index is -1.72. The van der Waals surface area contributed by atoms with Crippen LogP contribution in [0.1, 0.15) is 27.8 Å². The predicted octanol–water partition coefficient (Wildman–Crippen LogP) is -11.8. The topological polar surface area (TPSA) is 723 Å². The van der Waals surface area contributed by atoms with E-state index in [0.29, 0.717) is 6.61 Å². The molecule has 35 atom stereocenters. The molecule has 7 saturated heterocycles. The van der Waals surface area contributed by atoms with Crippen molar-refractivity contribution in [2.45, 2.75) is 249 Å². The fourth-order valence-electron chi connectivity index (χ4n) is 12.2. The van der Waals surface area contributed by atoms with Crippen molar-refractivity contribution in [1.82, 2.24) is 0 Å². The van der Waals surface area contributed by atoms with E-state index < -0.39 is 261 Å². The first-order valence-electron chi connectivity index (χ1n) is 38.8. The summed E-state index contributed by atoms with van der Waals surface area (Å²) in [5.74, 6) is 0. The van der Waals surface area contributed by atoms with Gasteiger partial charge in [0.25, 0.3) is 0 Å². The highest BCUT2D eigenvalue weighted by Crippen LogP contribution is 2.32. The summed E-state index contributed by atoms with van der Waals surface area (Å²) in [7, 11) is 0. The van der Waals surface area contributed by atoms with Crippen LogP contribution in [0.5, 0.6) is 0 Å². The maximum atomic E-state index is 10.7. The van der Waals surface area contributed by atoms with Crippen LogP contribution in [0.25, 0.3) is 0 Å². The van der Waals surface area contributed by atoms with Crippen molar-refractivity contribution in [2.24, 2.45) is 0 Å². The number of ether oxygens (including phenoxy) is 16. The van der Waals surface area contributed by atoms with E-state index in [4.69, 9.17) is 118 Å². The predicted molar refractivity (Wildman–Crippen MR) is 407 cm³/mol. The minimum Gasteiger partial charge on any atom is -0.394 e. The van der Waals surface area contributed by atoms with Crippen LogP contribution in [-0.2, 0) is 99.9 Å². The van der Waals surface area contributed by atoms with Gasteiger partial charge in [0.15, 0.2) is 44.0 Å². The average Bonchev–Trinajstić information content (AvgIpc) is 0.773. The monoisotopic (exact) mass is 1790 g/mol. The molecule has 0 saturated carbocycles. The Labute approximate surface area is 706 Å². The lowest BCUT2D eigenvalue weighted by atomic mass is 9.97. The molecule has 14 unspecified atom stereocenters. The third-order valence-electron chi connectivity index (χ3n) is 19.5. The third kappa shape index (κ3) is 32.8. The Bertz CT molecular complexity index is 3190. The maximum absolute atomic E-state index is 10.7. The van der Waals surface area contributed by atoms with Gasteiger partial charge in [-0.15, -0.1) is 6.58 Å². The smallest absolute Gasteiger partial charge is 0.187 e. The van der Waals surface area contributed by atoms with Crippen molar-refractivity contribution in [1.29, 1.82) is 0 Å². The zero-order valence-corrected chi connectivity index (χ0v) is 67.5. The highest BCUT2D eigenvalue weighted by molar-refractivity contribution is 6.07. The van der Waals surface area contributed by atoms with Gasteiger partial charge in [-0.2, -0.15) is 0 Å². The van der Waals surface area contributed by atoms with Crippen molar-refractivity contribution < 1.29 is 223 Å². The number of rotatable bonds is 34. The summed E-state index contributed by atoms with van der Waals surface area (Å²) in [5, 5.41) is 267. The van der Waals surface area contributed by atoms with Gasteiger partial charge in [0.05, 0.1) is 137 Å². The molecule has 0 bridgehead atoms. The van der Waals surface area contributed by atoms with E-state index in [0.717, 1.165) is 27.8 Å². The number of aliphatic hydroxyl groups excluding tert-OH is 28. The quantitative estimate of drug-likeness (QED) is 0.0195. The number of halogens is 1. The van der Waals surface area contributed by atoms with Gasteiger partial charge < -0.3 is 219 Å². The van der Waals surface area contributed by atoms with Crippen LogP contribution < -0.4 is 0 Å². The van der Waals surface area contributed by atoms with Crippen molar-refractivity contribution in [3.63, 3.8) is 0 Å². The largest absolute Gasteiger partial charge is 0.394 e. The molecule has 45 nitrogen and oxygen atoms in total. The fraction of sp³-hybridized carbons (Fsp3) is 0.737. The molecule has 0 spiro atoms. The molecular weight excluding hydrogens is 1670 g/mol. The molecule has 7 fully saturated rings. The Hall–Kier alpha value is -4.11. The lowest BCUT2D eigenvalue weighted by Gasteiger charge is -2.45. The van der Waals surface area contributed by atoms with Crippen molar-refractivity contribution in [3.8, 4) is 0 Å². The molecule has 0 aliphatic carbocycles. The number of hydrogen-bond acceptors (Lipinski definition) is 45. The highest BCUT2D eigenvalue weighted by atomic mass is 35.5. The first kappa shape index (κ1) is 108. The molecule has 3 aromatic carbocycles. The molecule has 3 aromatic rings. The SMILES string of the molecule is C=CCO[C@H]1OC(CO)[C@@H](O)[C@H](O)C1O.Cc1ccc(CO[C@H]2OC(CO)[C@@H](O)[C@H](O)C2O)cc1.Cc1ccc(CO[C@H]2OC(CO)[C@@H](O)[C@H](O[C@@H]3OC(CO)[C@H](O)[C@@H](O)C3O)C2O)cc1.OCC1O[C@H](OCCOCCOCl)C(O)[C@@H](O)[C@@H]1O.OCC1O[C@H](OCc2ccccc2)C(O)[C@@H](O)[C@@H]1O.OCCOCCO[C@H]1OC(CO)[C@@H](O)[C@H](O)C1O. The van der Waals surface area contributed by atoms with Crippen LogP contribution in [-0.4, -0.2) is 464 Å². The van der Waals surface area contributed by atoms with E-state index in [-0.39, 0.29) is 72.7 Å². The molecule has 0 amide bonds. The van der Waals surface area contributed by atoms with Crippen LogP contribution >= 0.6 is 11.9 Å². The summed E-state index contributed by atoms with van der Waals surface area (Å²) < 4.78 is 88.0. The van der Waals surface area contributed by atoms with Gasteiger partial charge in [-0.1, -0.05) is 96.1 Å². The number of aryl methyl sites for hydroxylation is 2. The zero-order chi connectivity index (χ0) is 90.4. The molecule has 704 valence electrons. The highest BCUT2D eigenvalue weighted by Gasteiger charge is 2.53. The van der Waals surface area contributed by atoms with E-state index in [1.807, 2.05) is 92.7 Å². The van der Waals surface area contributed by atoms with Gasteiger partial charge >= 0.3 is 0 Å². The zero-order valence-electron chi connectivity index (χ0n) is 66.8. The first-order chi connectivity index (χ1) is 58.3. The van der Waals surface area contributed by atoms with Gasteiger partial charge in [0.2, 0.25) is 0 Å². The molecule has 0 aromatic heterocycles. The molecule has 0 radical (unpaired) electrons. The Morgan fingerprint density at radius 3 is 0.852 bits per heavy atom. The average molecular weight is 1790 g/mol. The molecule has 7 heterocycles. The third-order valence-corrected chi connectivity index (χ3v) is 19.6. The van der Waals surface area contributed by atoms with Gasteiger partial charge in [-0.3, -0.25) is 4.29 Å². The number of benzene rings is 3. The van der Waals surface area contributed by atoms with Crippen molar-refractivity contribution in [2.75, 3.05) is 106 Å². The Morgan fingerprint density at radius 1 is 0.287 bits per heavy atom. The van der Waals surface area contributed by atoms with E-state index in [2.05, 4.69) is 10.9 Å². The summed E-state index contributed by atoms with van der Waals surface area (Å²) >= 11 is 4.98. The summed E-state index contributed by atoms with van der Waals surface area (Å²) in [6.45, 7) is 5.51. The second-order valence-electron chi connectivity index (χ2n) is 28.5. The molecule has 28 N–H and O–H groups in total. The summed E-state index contributed by atoms with van der Waals surface area (Å²) in [4.78, 5) is 0. The van der Waals surface area contributed by atoms with Gasteiger partial charge in [-0.25, -0.2) is 0 Å². The van der Waals surface area contributed by atoms with E-state index >= 15 is 0 Å². The van der Waals surface area contributed by atoms with Crippen LogP contribution in [0.3, 0.4) is 0 Å². The molecule has 46 heteroatoms. The van der Waals surface area contributed by atoms with Gasteiger partial charge in [0.1, 0.15) is 171 Å². The minimum absolute atomic E-state index is 0.0724. The van der Waals surface area contributed by atoms with Crippen LogP contribution in [0.15, 0.2) is 91.5 Å². The maximum Gasteiger partial charge on any atom is 0.187 e. The second-order valence-corrected chi connectivity index (χ2v) is 28.7. The van der Waals surface area contributed by atoms with E-state index in [9.17, 15) is 112 Å². The van der Waals surface area contributed by atoms with Gasteiger partial charge in [0, 0.05) is 0 Å². The van der Waals surface area contributed by atoms with Crippen LogP contribution in [0.2, 0.25) is 0 Å². The summed E-state index contributed by atoms with van der Waals surface area (Å²) in [5.41, 5.74) is 4.78. The standard InChI is InChI=1S/C20H30O11.C14H20O6.C13H18O6.C10H19ClO8.C10H20O8.C9H16O6/c1-9-2-4-10(5-3-9)8-28-19-17(27)18(14(24)12(7-22)29-19)31-20-16(26)15(25)13(23)11(6-21)30-20;1-8-2-4-9(5-3-8)7-19-14-13(18)12(17)11(16)10(6-15)20-14;14-6-9-10(15)11(16)12(17)13(19-9)18-7-8-4-2-1-3-5-8;11-18-4-2-16-1-3-17-10-9(15)8(14)7(13)6(5-12)19-10;11-1-2-16-3-4-17-10-9(15)8(14)7(13)6(5-12)18-10;1-2-3-14-9-8(13)7(12)6(11)5(4-10)15-9/h2-5,11-27H,6-8H2,1H3;2-5,10-18H,6-7H2,1H3;1-5,9-17H,6-7H2;6-10,12-15H,1-5H2;6-15H,1-5H2;2,5-13H,1,3-4H2/t11?,12?,13-,14+,15+,16?,17?,18-,19-,20-;10?,11-,12+,13?,14+;9?,10-,11+,12?,13+;2*6?,7-,8+,9?,10+;5?,6-,7+,8?,9+/m011111/s1. The lowest BCUT2D eigenvalue weighted by Crippen LogP contribution is -2.64. The van der Waals surface area contributed by atoms with Gasteiger partial charge in [-0.05, 0) is 30.5 Å². The molecule has 7 aliphatic rings. The number of aliphatic hydroxyl groups is 28. The Kier molecular flexibility index (Phi) is 50.7. The second kappa shape index (κ2) is 57.0. The van der Waals surface area contributed by atoms with Crippen LogP contribution in [0, 0.1) is 13.8 Å². The molecule has 10 rings (SSSR count). The normalized spacial score (nSPS) is 37.6. The van der Waals surface area contributed by atoms with Crippen LogP contribution in [0.4, 0.5) is 0 Å². The summed E-state index contributed by atoms with van der Waals surface area (Å²) in [6, 6.07) is 24.4. The summed E-state index contributed by atoms with van der Waals surface area (Å²) in [6.07, 6.45) is -44.4. The molecular formula is C76H123ClO45. The molecule has 7 aliphatic heterocycles. The molecule has 122 heavy (non-hydrogen) atoms. The fourth-order valence-corrected chi connectivity index (χ4v) is 12.2. The van der Waals surface area contributed by atoms with Crippen molar-refractivity contribution in [3.05, 3.63) is 119 Å². The Morgan fingerprint density at radius 2 is 0.549 bits per heavy atom. The van der Waals surface area contributed by atoms with E-state index in [1.54, 1.807) is 0 Å². The first-order valence-corrected chi connectivity index (χ1v) is 39.1. The lowest BCUT2D eigenvalue weighted by molar-refractivity contribution is -0.361. The van der Waals surface area contributed by atoms with Crippen molar-refractivity contribution >= 4 is 11.9 Å². The Balaban J connectivity index is 0.000000265.